The number of nitro groups is 1. The van der Waals surface area contributed by atoms with E-state index in [-0.39, 0.29) is 18.1 Å². The van der Waals surface area contributed by atoms with Crippen LogP contribution in [0.1, 0.15) is 23.2 Å². The summed E-state index contributed by atoms with van der Waals surface area (Å²) < 4.78 is 13.1. The van der Waals surface area contributed by atoms with Gasteiger partial charge in [0.05, 0.1) is 11.0 Å². The van der Waals surface area contributed by atoms with E-state index in [4.69, 9.17) is 5.11 Å². The Balaban J connectivity index is 2.27. The van der Waals surface area contributed by atoms with Gasteiger partial charge in [-0.3, -0.25) is 14.9 Å². The van der Waals surface area contributed by atoms with Crippen LogP contribution in [0.25, 0.3) is 0 Å². The fraction of sp³-hybridized carbons (Fsp3) is 0.462. The number of carbonyl (C=O) groups is 1. The highest BCUT2D eigenvalue weighted by Crippen LogP contribution is 2.24. The quantitative estimate of drug-likeness (QED) is 0.674. The molecular weight excluding hydrogens is 267 g/mol. The lowest BCUT2D eigenvalue weighted by atomic mass is 9.98. The van der Waals surface area contributed by atoms with Crippen LogP contribution in [-0.2, 0) is 0 Å². The number of nitro benzene ring substituents is 1. The number of hydrogen-bond donors (Lipinski definition) is 1. The standard InChI is InChI=1S/C13H15FN2O4/c14-10-3-4-11(12(6-10)16(19)20)13(18)15-5-1-2-9(7-15)8-17/h3-4,6,9,17H,1-2,5,7-8H2. The molecule has 1 fully saturated rings. The summed E-state index contributed by atoms with van der Waals surface area (Å²) in [5.41, 5.74) is -0.642. The van der Waals surface area contributed by atoms with Gasteiger partial charge < -0.3 is 10.0 Å². The van der Waals surface area contributed by atoms with Crippen LogP contribution in [0.5, 0.6) is 0 Å². The van der Waals surface area contributed by atoms with Crippen LogP contribution in [-0.4, -0.2) is 40.5 Å². The Morgan fingerprint density at radius 2 is 2.30 bits per heavy atom. The van der Waals surface area contributed by atoms with Gasteiger partial charge in [-0.1, -0.05) is 0 Å². The molecule has 1 N–H and O–H groups in total. The number of benzene rings is 1. The molecule has 1 saturated heterocycles. The highest BCUT2D eigenvalue weighted by Gasteiger charge is 2.28. The Kier molecular flexibility index (Phi) is 4.29. The van der Waals surface area contributed by atoms with Crippen LogP contribution < -0.4 is 0 Å². The van der Waals surface area contributed by atoms with E-state index >= 15 is 0 Å². The topological polar surface area (TPSA) is 83.7 Å². The van der Waals surface area contributed by atoms with Crippen LogP contribution in [0.2, 0.25) is 0 Å². The van der Waals surface area contributed by atoms with Gasteiger partial charge in [0, 0.05) is 19.7 Å². The zero-order valence-electron chi connectivity index (χ0n) is 10.8. The Labute approximate surface area is 115 Å². The normalized spacial score (nSPS) is 18.9. The molecule has 1 unspecified atom stereocenters. The second kappa shape index (κ2) is 5.96. The second-order valence-corrected chi connectivity index (χ2v) is 4.86. The molecule has 0 aliphatic carbocycles. The number of aliphatic hydroxyl groups is 1. The van der Waals surface area contributed by atoms with E-state index < -0.39 is 22.3 Å². The van der Waals surface area contributed by atoms with E-state index in [0.29, 0.717) is 13.1 Å². The van der Waals surface area contributed by atoms with E-state index in [0.717, 1.165) is 31.0 Å². The summed E-state index contributed by atoms with van der Waals surface area (Å²) in [6.07, 6.45) is 1.57. The van der Waals surface area contributed by atoms with Crippen molar-refractivity contribution < 1.29 is 19.2 Å². The van der Waals surface area contributed by atoms with E-state index in [2.05, 4.69) is 0 Å². The summed E-state index contributed by atoms with van der Waals surface area (Å²) in [6, 6.07) is 2.92. The molecule has 1 atom stereocenters. The average Bonchev–Trinajstić information content (AvgIpc) is 2.46. The van der Waals surface area contributed by atoms with E-state index in [1.54, 1.807) is 0 Å². The molecule has 1 aliphatic rings. The van der Waals surface area contributed by atoms with Crippen LogP contribution >= 0.6 is 0 Å². The van der Waals surface area contributed by atoms with Crippen molar-refractivity contribution in [3.63, 3.8) is 0 Å². The summed E-state index contributed by atoms with van der Waals surface area (Å²) in [5.74, 6) is -1.25. The van der Waals surface area contributed by atoms with Gasteiger partial charge in [0.2, 0.25) is 0 Å². The van der Waals surface area contributed by atoms with Crippen molar-refractivity contribution >= 4 is 11.6 Å². The fourth-order valence-corrected chi connectivity index (χ4v) is 2.41. The minimum Gasteiger partial charge on any atom is -0.396 e. The zero-order chi connectivity index (χ0) is 14.7. The highest BCUT2D eigenvalue weighted by molar-refractivity contribution is 5.98. The Morgan fingerprint density at radius 3 is 2.95 bits per heavy atom. The lowest BCUT2D eigenvalue weighted by Crippen LogP contribution is -2.41. The van der Waals surface area contributed by atoms with Crippen LogP contribution in [0.15, 0.2) is 18.2 Å². The summed E-state index contributed by atoms with van der Waals surface area (Å²) >= 11 is 0. The fourth-order valence-electron chi connectivity index (χ4n) is 2.41. The van der Waals surface area contributed by atoms with Gasteiger partial charge in [0.1, 0.15) is 11.4 Å². The molecule has 1 aromatic rings. The van der Waals surface area contributed by atoms with Crippen LogP contribution in [0, 0.1) is 21.8 Å². The van der Waals surface area contributed by atoms with Crippen molar-refractivity contribution in [1.29, 1.82) is 0 Å². The lowest BCUT2D eigenvalue weighted by molar-refractivity contribution is -0.385. The number of amides is 1. The number of hydrogen-bond acceptors (Lipinski definition) is 4. The Bertz CT molecular complexity index is 535. The zero-order valence-corrected chi connectivity index (χ0v) is 10.8. The number of nitrogens with zero attached hydrogens (tertiary/aromatic N) is 2. The average molecular weight is 282 g/mol. The van der Waals surface area contributed by atoms with Gasteiger partial charge in [0.15, 0.2) is 0 Å². The molecule has 0 bridgehead atoms. The Morgan fingerprint density at radius 1 is 1.55 bits per heavy atom. The molecule has 2 rings (SSSR count). The maximum absolute atomic E-state index is 13.1. The number of aliphatic hydroxyl groups excluding tert-OH is 1. The van der Waals surface area contributed by atoms with Crippen molar-refractivity contribution in [2.75, 3.05) is 19.7 Å². The van der Waals surface area contributed by atoms with Gasteiger partial charge in [-0.15, -0.1) is 0 Å². The number of carbonyl (C=O) groups excluding carboxylic acids is 1. The lowest BCUT2D eigenvalue weighted by Gasteiger charge is -2.31. The molecule has 0 saturated carbocycles. The summed E-state index contributed by atoms with van der Waals surface area (Å²) in [6.45, 7) is 0.836. The maximum atomic E-state index is 13.1. The van der Waals surface area contributed by atoms with Gasteiger partial charge in [-0.2, -0.15) is 0 Å². The summed E-state index contributed by atoms with van der Waals surface area (Å²) in [5, 5.41) is 20.1. The number of likely N-dealkylation sites (tertiary alicyclic amines) is 1. The molecule has 0 aromatic heterocycles. The van der Waals surface area contributed by atoms with Crippen molar-refractivity contribution in [1.82, 2.24) is 4.90 Å². The third kappa shape index (κ3) is 2.93. The molecular formula is C13H15FN2O4. The second-order valence-electron chi connectivity index (χ2n) is 4.86. The first-order valence-electron chi connectivity index (χ1n) is 6.37. The maximum Gasteiger partial charge on any atom is 0.285 e. The van der Waals surface area contributed by atoms with E-state index in [9.17, 15) is 19.3 Å². The van der Waals surface area contributed by atoms with Gasteiger partial charge in [-0.05, 0) is 30.9 Å². The molecule has 1 heterocycles. The molecule has 1 aliphatic heterocycles. The monoisotopic (exact) mass is 282 g/mol. The van der Waals surface area contributed by atoms with Gasteiger partial charge in [-0.25, -0.2) is 4.39 Å². The first-order valence-corrected chi connectivity index (χ1v) is 6.37. The third-order valence-electron chi connectivity index (χ3n) is 3.45. The number of halogens is 1. The highest BCUT2D eigenvalue weighted by atomic mass is 19.1. The predicted molar refractivity (Wildman–Crippen MR) is 68.8 cm³/mol. The Hall–Kier alpha value is -2.02. The molecule has 108 valence electrons. The summed E-state index contributed by atoms with van der Waals surface area (Å²) in [7, 11) is 0. The number of piperidine rings is 1. The largest absolute Gasteiger partial charge is 0.396 e. The van der Waals surface area contributed by atoms with Gasteiger partial charge >= 0.3 is 0 Å². The van der Waals surface area contributed by atoms with Crippen molar-refractivity contribution in [3.8, 4) is 0 Å². The van der Waals surface area contributed by atoms with Gasteiger partial charge in [0.25, 0.3) is 11.6 Å². The van der Waals surface area contributed by atoms with Crippen LogP contribution in [0.3, 0.4) is 0 Å². The molecule has 0 radical (unpaired) electrons. The first-order chi connectivity index (χ1) is 9.52. The third-order valence-corrected chi connectivity index (χ3v) is 3.45. The van der Waals surface area contributed by atoms with E-state index in [1.807, 2.05) is 0 Å². The molecule has 6 nitrogen and oxygen atoms in total. The number of rotatable bonds is 3. The van der Waals surface area contributed by atoms with Crippen molar-refractivity contribution in [3.05, 3.63) is 39.7 Å². The molecule has 7 heteroatoms. The van der Waals surface area contributed by atoms with Crippen molar-refractivity contribution in [2.45, 2.75) is 12.8 Å². The molecule has 1 aromatic carbocycles. The SMILES string of the molecule is O=C(c1ccc(F)cc1[N+](=O)[O-])N1CCCC(CO)C1. The molecule has 0 spiro atoms. The molecule has 1 amide bonds. The predicted octanol–water partition coefficient (Wildman–Crippen LogP) is 1.58. The van der Waals surface area contributed by atoms with Crippen molar-refractivity contribution in [2.24, 2.45) is 5.92 Å². The first kappa shape index (κ1) is 14.4. The summed E-state index contributed by atoms with van der Waals surface area (Å²) in [4.78, 5) is 23.9. The molecule has 20 heavy (non-hydrogen) atoms. The van der Waals surface area contributed by atoms with Crippen LogP contribution in [0.4, 0.5) is 10.1 Å². The minimum atomic E-state index is -0.760. The smallest absolute Gasteiger partial charge is 0.285 e. The minimum absolute atomic E-state index is 0.00722. The van der Waals surface area contributed by atoms with E-state index in [1.165, 1.54) is 4.90 Å².